The quantitative estimate of drug-likeness (QED) is 0.752. The minimum Gasteiger partial charge on any atom is -0.339 e. The van der Waals surface area contributed by atoms with Crippen LogP contribution in [0.3, 0.4) is 0 Å². The molecule has 0 aliphatic carbocycles. The molecular formula is C10H7F3N2O. The van der Waals surface area contributed by atoms with Gasteiger partial charge in [-0.05, 0) is 12.1 Å². The first-order valence-electron chi connectivity index (χ1n) is 4.45. The first kappa shape index (κ1) is 10.7. The van der Waals surface area contributed by atoms with Crippen LogP contribution in [-0.4, -0.2) is 10.1 Å². The van der Waals surface area contributed by atoms with Gasteiger partial charge in [0.2, 0.25) is 11.7 Å². The zero-order valence-corrected chi connectivity index (χ0v) is 8.25. The predicted molar refractivity (Wildman–Crippen MR) is 49.5 cm³/mol. The highest BCUT2D eigenvalue weighted by Crippen LogP contribution is 2.30. The molecule has 16 heavy (non-hydrogen) atoms. The van der Waals surface area contributed by atoms with Gasteiger partial charge in [0.25, 0.3) is 0 Å². The molecule has 0 bridgehead atoms. The van der Waals surface area contributed by atoms with Crippen molar-refractivity contribution in [2.45, 2.75) is 13.1 Å². The molecule has 84 valence electrons. The van der Waals surface area contributed by atoms with E-state index in [4.69, 9.17) is 4.52 Å². The Labute approximate surface area is 88.9 Å². The Hall–Kier alpha value is -1.85. The van der Waals surface area contributed by atoms with Crippen LogP contribution in [0.1, 0.15) is 11.5 Å². The number of alkyl halides is 3. The molecule has 0 N–H and O–H groups in total. The second-order valence-corrected chi connectivity index (χ2v) is 3.21. The minimum atomic E-state index is -4.33. The largest absolute Gasteiger partial charge is 0.416 e. The number of aromatic nitrogens is 2. The summed E-state index contributed by atoms with van der Waals surface area (Å²) >= 11 is 0. The van der Waals surface area contributed by atoms with Gasteiger partial charge in [0.1, 0.15) is 0 Å². The smallest absolute Gasteiger partial charge is 0.339 e. The van der Waals surface area contributed by atoms with Crippen LogP contribution in [0.15, 0.2) is 28.8 Å². The average Bonchev–Trinajstić information content (AvgIpc) is 2.64. The second-order valence-electron chi connectivity index (χ2n) is 3.21. The Bertz CT molecular complexity index is 488. The van der Waals surface area contributed by atoms with Crippen molar-refractivity contribution in [3.63, 3.8) is 0 Å². The van der Waals surface area contributed by atoms with Gasteiger partial charge < -0.3 is 4.52 Å². The number of hydrogen-bond acceptors (Lipinski definition) is 3. The number of rotatable bonds is 1. The molecule has 1 aromatic heterocycles. The lowest BCUT2D eigenvalue weighted by Crippen LogP contribution is -2.04. The molecule has 1 heterocycles. The Morgan fingerprint density at radius 1 is 1.12 bits per heavy atom. The van der Waals surface area contributed by atoms with Gasteiger partial charge in [-0.1, -0.05) is 17.3 Å². The fraction of sp³-hybridized carbons (Fsp3) is 0.200. The van der Waals surface area contributed by atoms with Crippen LogP contribution in [0.25, 0.3) is 11.4 Å². The Morgan fingerprint density at radius 2 is 1.75 bits per heavy atom. The van der Waals surface area contributed by atoms with E-state index in [1.54, 1.807) is 6.92 Å². The normalized spacial score (nSPS) is 11.8. The van der Waals surface area contributed by atoms with Gasteiger partial charge in [0, 0.05) is 12.5 Å². The van der Waals surface area contributed by atoms with E-state index in [0.717, 1.165) is 12.1 Å². The van der Waals surface area contributed by atoms with E-state index in [1.807, 2.05) is 0 Å². The summed E-state index contributed by atoms with van der Waals surface area (Å²) in [6.07, 6.45) is -4.33. The molecule has 0 fully saturated rings. The molecule has 0 spiro atoms. The molecule has 0 radical (unpaired) electrons. The fourth-order valence-corrected chi connectivity index (χ4v) is 1.22. The highest BCUT2D eigenvalue weighted by atomic mass is 19.4. The molecule has 0 aliphatic rings. The average molecular weight is 228 g/mol. The van der Waals surface area contributed by atoms with Gasteiger partial charge in [0.15, 0.2) is 0 Å². The SMILES string of the molecule is Cc1nc(-c2ccc(C(F)(F)F)cc2)no1. The zero-order valence-electron chi connectivity index (χ0n) is 8.25. The Morgan fingerprint density at radius 3 is 2.19 bits per heavy atom. The molecule has 0 aliphatic heterocycles. The van der Waals surface area contributed by atoms with Gasteiger partial charge in [-0.15, -0.1) is 0 Å². The van der Waals surface area contributed by atoms with Crippen LogP contribution < -0.4 is 0 Å². The molecule has 1 aromatic carbocycles. The van der Waals surface area contributed by atoms with E-state index >= 15 is 0 Å². The summed E-state index contributed by atoms with van der Waals surface area (Å²) in [5, 5.41) is 3.61. The second kappa shape index (κ2) is 3.62. The topological polar surface area (TPSA) is 38.9 Å². The monoisotopic (exact) mass is 228 g/mol. The Balaban J connectivity index is 2.33. The summed E-state index contributed by atoms with van der Waals surface area (Å²) in [6, 6.07) is 4.60. The van der Waals surface area contributed by atoms with Gasteiger partial charge in [-0.2, -0.15) is 18.2 Å². The maximum Gasteiger partial charge on any atom is 0.416 e. The number of aryl methyl sites for hydroxylation is 1. The van der Waals surface area contributed by atoms with Crippen LogP contribution in [-0.2, 0) is 6.18 Å². The number of nitrogens with zero attached hydrogens (tertiary/aromatic N) is 2. The summed E-state index contributed by atoms with van der Waals surface area (Å²) in [5.74, 6) is 0.654. The van der Waals surface area contributed by atoms with Crippen LogP contribution in [0.5, 0.6) is 0 Å². The first-order valence-corrected chi connectivity index (χ1v) is 4.45. The lowest BCUT2D eigenvalue weighted by atomic mass is 10.1. The molecule has 0 atom stereocenters. The molecule has 2 rings (SSSR count). The van der Waals surface area contributed by atoms with Gasteiger partial charge in [0.05, 0.1) is 5.56 Å². The van der Waals surface area contributed by atoms with Crippen LogP contribution in [0.2, 0.25) is 0 Å². The van der Waals surface area contributed by atoms with Crippen molar-refractivity contribution in [3.05, 3.63) is 35.7 Å². The molecular weight excluding hydrogens is 221 g/mol. The summed E-state index contributed by atoms with van der Waals surface area (Å²) in [7, 11) is 0. The van der Waals surface area contributed by atoms with Gasteiger partial charge in [-0.3, -0.25) is 0 Å². The highest BCUT2D eigenvalue weighted by molar-refractivity contribution is 5.54. The van der Waals surface area contributed by atoms with Crippen molar-refractivity contribution in [1.29, 1.82) is 0 Å². The summed E-state index contributed by atoms with van der Waals surface area (Å²) in [6.45, 7) is 1.61. The molecule has 6 heteroatoms. The third-order valence-electron chi connectivity index (χ3n) is 2.00. The maximum absolute atomic E-state index is 12.3. The number of benzene rings is 1. The van der Waals surface area contributed by atoms with Crippen LogP contribution in [0.4, 0.5) is 13.2 Å². The third kappa shape index (κ3) is 2.05. The first-order chi connectivity index (χ1) is 7.47. The van der Waals surface area contributed by atoms with E-state index in [-0.39, 0.29) is 5.82 Å². The lowest BCUT2D eigenvalue weighted by molar-refractivity contribution is -0.137. The van der Waals surface area contributed by atoms with Crippen molar-refractivity contribution < 1.29 is 17.7 Å². The van der Waals surface area contributed by atoms with Crippen LogP contribution >= 0.6 is 0 Å². The number of hydrogen-bond donors (Lipinski definition) is 0. The molecule has 3 nitrogen and oxygen atoms in total. The predicted octanol–water partition coefficient (Wildman–Crippen LogP) is 3.06. The van der Waals surface area contributed by atoms with Gasteiger partial charge in [-0.25, -0.2) is 0 Å². The number of halogens is 3. The Kier molecular flexibility index (Phi) is 2.41. The third-order valence-corrected chi connectivity index (χ3v) is 2.00. The molecule has 0 unspecified atom stereocenters. The van der Waals surface area contributed by atoms with E-state index in [0.29, 0.717) is 11.5 Å². The van der Waals surface area contributed by atoms with E-state index in [2.05, 4.69) is 10.1 Å². The van der Waals surface area contributed by atoms with Crippen molar-refractivity contribution >= 4 is 0 Å². The van der Waals surface area contributed by atoms with Crippen LogP contribution in [0, 0.1) is 6.92 Å². The summed E-state index contributed by atoms with van der Waals surface area (Å²) in [5.41, 5.74) is -0.207. The van der Waals surface area contributed by atoms with E-state index in [9.17, 15) is 13.2 Å². The van der Waals surface area contributed by atoms with E-state index in [1.165, 1.54) is 12.1 Å². The summed E-state index contributed by atoms with van der Waals surface area (Å²) in [4.78, 5) is 3.91. The molecule has 0 saturated heterocycles. The van der Waals surface area contributed by atoms with Crippen molar-refractivity contribution in [2.75, 3.05) is 0 Å². The standard InChI is InChI=1S/C10H7F3N2O/c1-6-14-9(15-16-6)7-2-4-8(5-3-7)10(11,12)13/h2-5H,1H3. The minimum absolute atomic E-state index is 0.284. The summed E-state index contributed by atoms with van der Waals surface area (Å²) < 4.78 is 41.6. The molecule has 2 aromatic rings. The lowest BCUT2D eigenvalue weighted by Gasteiger charge is -2.05. The zero-order chi connectivity index (χ0) is 11.8. The maximum atomic E-state index is 12.3. The highest BCUT2D eigenvalue weighted by Gasteiger charge is 2.30. The molecule has 0 saturated carbocycles. The van der Waals surface area contributed by atoms with Crippen molar-refractivity contribution in [1.82, 2.24) is 10.1 Å². The van der Waals surface area contributed by atoms with Gasteiger partial charge >= 0.3 is 6.18 Å². The molecule has 0 amide bonds. The van der Waals surface area contributed by atoms with Crippen molar-refractivity contribution in [3.8, 4) is 11.4 Å². The van der Waals surface area contributed by atoms with Crippen molar-refractivity contribution in [2.24, 2.45) is 0 Å². The fourth-order valence-electron chi connectivity index (χ4n) is 1.22. The van der Waals surface area contributed by atoms with E-state index < -0.39 is 11.7 Å².